The van der Waals surface area contributed by atoms with E-state index in [1.54, 1.807) is 26.4 Å². The minimum Gasteiger partial charge on any atom is -0.493 e. The lowest BCUT2D eigenvalue weighted by Crippen LogP contribution is -2.11. The highest BCUT2D eigenvalue weighted by Crippen LogP contribution is 2.47. The van der Waals surface area contributed by atoms with Gasteiger partial charge in [-0.2, -0.15) is 0 Å². The lowest BCUT2D eigenvalue weighted by Gasteiger charge is -2.17. The molecule has 0 bridgehead atoms. The molecule has 3 aromatic rings. The summed E-state index contributed by atoms with van der Waals surface area (Å²) >= 11 is 0. The van der Waals surface area contributed by atoms with Crippen LogP contribution < -0.4 is 19.5 Å². The molecule has 1 heterocycles. The molecule has 0 saturated heterocycles. The number of rotatable bonds is 5. The van der Waals surface area contributed by atoms with Crippen LogP contribution in [0.25, 0.3) is 0 Å². The second-order valence-corrected chi connectivity index (χ2v) is 7.01. The normalized spacial score (nSPS) is 17.2. The van der Waals surface area contributed by atoms with Crippen molar-refractivity contribution < 1.29 is 19.0 Å². The second-order valence-electron chi connectivity index (χ2n) is 7.01. The third-order valence-corrected chi connectivity index (χ3v) is 5.24. The van der Waals surface area contributed by atoms with Crippen molar-refractivity contribution in [1.29, 1.82) is 0 Å². The Balaban J connectivity index is 1.56. The number of carbonyl (C=O) groups is 1. The molecule has 29 heavy (non-hydrogen) atoms. The summed E-state index contributed by atoms with van der Waals surface area (Å²) in [5.74, 6) is 2.18. The summed E-state index contributed by atoms with van der Waals surface area (Å²) < 4.78 is 17.0. The van der Waals surface area contributed by atoms with Crippen LogP contribution in [0.1, 0.15) is 40.4 Å². The zero-order valence-corrected chi connectivity index (χ0v) is 16.6. The van der Waals surface area contributed by atoms with Gasteiger partial charge in [-0.05, 0) is 48.0 Å². The van der Waals surface area contributed by atoms with E-state index in [-0.39, 0.29) is 17.9 Å². The van der Waals surface area contributed by atoms with Crippen molar-refractivity contribution >= 4 is 11.6 Å². The van der Waals surface area contributed by atoms with Crippen LogP contribution in [0.4, 0.5) is 5.69 Å². The van der Waals surface area contributed by atoms with Gasteiger partial charge in [-0.1, -0.05) is 31.2 Å². The maximum atomic E-state index is 12.4. The Bertz CT molecular complexity index is 1030. The van der Waals surface area contributed by atoms with E-state index in [0.717, 1.165) is 22.6 Å². The highest BCUT2D eigenvalue weighted by molar-refractivity contribution is 6.04. The molecule has 5 nitrogen and oxygen atoms in total. The predicted molar refractivity (Wildman–Crippen MR) is 112 cm³/mol. The van der Waals surface area contributed by atoms with E-state index in [1.807, 2.05) is 54.6 Å². The first-order chi connectivity index (χ1) is 14.1. The molecule has 1 aliphatic heterocycles. The van der Waals surface area contributed by atoms with Gasteiger partial charge in [-0.15, -0.1) is 0 Å². The van der Waals surface area contributed by atoms with Gasteiger partial charge >= 0.3 is 0 Å². The Kier molecular flexibility index (Phi) is 5.12. The van der Waals surface area contributed by atoms with Gasteiger partial charge in [0.05, 0.1) is 14.2 Å². The zero-order valence-electron chi connectivity index (χ0n) is 16.6. The van der Waals surface area contributed by atoms with Crippen molar-refractivity contribution in [2.75, 3.05) is 19.5 Å². The fraction of sp³-hybridized carbons (Fsp3) is 0.208. The number of benzene rings is 3. The molecule has 0 aliphatic carbocycles. The summed E-state index contributed by atoms with van der Waals surface area (Å²) in [5, 5.41) is 2.97. The van der Waals surface area contributed by atoms with Crippen LogP contribution in [0.5, 0.6) is 17.2 Å². The molecule has 148 valence electrons. The molecule has 0 fully saturated rings. The van der Waals surface area contributed by atoms with Crippen molar-refractivity contribution in [3.63, 3.8) is 0 Å². The van der Waals surface area contributed by atoms with Crippen LogP contribution in [-0.4, -0.2) is 20.1 Å². The van der Waals surface area contributed by atoms with Crippen molar-refractivity contribution in [3.8, 4) is 17.2 Å². The van der Waals surface area contributed by atoms with E-state index in [0.29, 0.717) is 17.1 Å². The SMILES string of the molecule is COc1ccc([C@H]2Oc3ccc(NC(=O)c4ccccc4)cc3[C@@H]2C)cc1OC. The van der Waals surface area contributed by atoms with Gasteiger partial charge in [0.1, 0.15) is 11.9 Å². The van der Waals surface area contributed by atoms with Crippen molar-refractivity contribution in [2.45, 2.75) is 18.9 Å². The molecule has 0 spiro atoms. The number of nitrogens with one attached hydrogen (secondary N) is 1. The third kappa shape index (κ3) is 3.63. The van der Waals surface area contributed by atoms with Crippen molar-refractivity contribution in [3.05, 3.63) is 83.4 Å². The Hall–Kier alpha value is -3.47. The number of hydrogen-bond donors (Lipinski definition) is 1. The number of fused-ring (bicyclic) bond motifs is 1. The highest BCUT2D eigenvalue weighted by atomic mass is 16.5. The number of hydrogen-bond acceptors (Lipinski definition) is 4. The van der Waals surface area contributed by atoms with Gasteiger partial charge in [0.25, 0.3) is 5.91 Å². The van der Waals surface area contributed by atoms with E-state index in [9.17, 15) is 4.79 Å². The van der Waals surface area contributed by atoms with E-state index < -0.39 is 0 Å². The minimum atomic E-state index is -0.134. The lowest BCUT2D eigenvalue weighted by atomic mass is 9.92. The van der Waals surface area contributed by atoms with Gasteiger partial charge in [0.15, 0.2) is 11.5 Å². The Morgan fingerprint density at radius 3 is 2.41 bits per heavy atom. The molecule has 5 heteroatoms. The summed E-state index contributed by atoms with van der Waals surface area (Å²) in [6, 6.07) is 20.8. The molecule has 0 aromatic heterocycles. The predicted octanol–water partition coefficient (Wildman–Crippen LogP) is 5.19. The molecular weight excluding hydrogens is 366 g/mol. The topological polar surface area (TPSA) is 56.8 Å². The van der Waals surface area contributed by atoms with E-state index >= 15 is 0 Å². The van der Waals surface area contributed by atoms with Gasteiger partial charge in [-0.25, -0.2) is 0 Å². The smallest absolute Gasteiger partial charge is 0.255 e. The first-order valence-electron chi connectivity index (χ1n) is 9.49. The summed E-state index contributed by atoms with van der Waals surface area (Å²) in [6.07, 6.45) is -0.134. The number of methoxy groups -OCH3 is 2. The molecule has 1 N–H and O–H groups in total. The molecular formula is C24H23NO4. The molecule has 4 rings (SSSR count). The first kappa shape index (κ1) is 18.9. The number of amides is 1. The monoisotopic (exact) mass is 389 g/mol. The van der Waals surface area contributed by atoms with Gasteiger partial charge in [0.2, 0.25) is 0 Å². The Morgan fingerprint density at radius 1 is 0.931 bits per heavy atom. The average molecular weight is 389 g/mol. The maximum Gasteiger partial charge on any atom is 0.255 e. The second kappa shape index (κ2) is 7.87. The standard InChI is InChI=1S/C24H23NO4/c1-15-19-14-18(25-24(26)16-7-5-4-6-8-16)10-12-20(19)29-23(15)17-9-11-21(27-2)22(13-17)28-3/h4-15,23H,1-3H3,(H,25,26)/t15-,23-/m0/s1. The van der Waals surface area contributed by atoms with Gasteiger partial charge in [-0.3, -0.25) is 4.79 Å². The van der Waals surface area contributed by atoms with Crippen molar-refractivity contribution in [1.82, 2.24) is 0 Å². The van der Waals surface area contributed by atoms with E-state index in [1.165, 1.54) is 0 Å². The van der Waals surface area contributed by atoms with Crippen LogP contribution in [0.3, 0.4) is 0 Å². The van der Waals surface area contributed by atoms with Crippen LogP contribution in [0.2, 0.25) is 0 Å². The molecule has 1 aliphatic rings. The maximum absolute atomic E-state index is 12.4. The molecule has 0 radical (unpaired) electrons. The minimum absolute atomic E-state index is 0.122. The van der Waals surface area contributed by atoms with Crippen LogP contribution in [-0.2, 0) is 0 Å². The summed E-state index contributed by atoms with van der Waals surface area (Å²) in [7, 11) is 3.24. The summed E-state index contributed by atoms with van der Waals surface area (Å²) in [4.78, 5) is 12.4. The number of ether oxygens (including phenoxy) is 3. The van der Waals surface area contributed by atoms with Crippen molar-refractivity contribution in [2.24, 2.45) is 0 Å². The van der Waals surface area contributed by atoms with E-state index in [2.05, 4.69) is 12.2 Å². The first-order valence-corrected chi connectivity index (χ1v) is 9.49. The lowest BCUT2D eigenvalue weighted by molar-refractivity contribution is 0.102. The van der Waals surface area contributed by atoms with Crippen LogP contribution in [0, 0.1) is 0 Å². The molecule has 0 saturated carbocycles. The van der Waals surface area contributed by atoms with E-state index in [4.69, 9.17) is 14.2 Å². The van der Waals surface area contributed by atoms with Crippen LogP contribution >= 0.6 is 0 Å². The largest absolute Gasteiger partial charge is 0.493 e. The Labute approximate surface area is 170 Å². The summed E-state index contributed by atoms with van der Waals surface area (Å²) in [6.45, 7) is 2.12. The fourth-order valence-corrected chi connectivity index (χ4v) is 3.67. The molecule has 0 unspecified atom stereocenters. The molecule has 3 aromatic carbocycles. The fourth-order valence-electron chi connectivity index (χ4n) is 3.67. The zero-order chi connectivity index (χ0) is 20.4. The van der Waals surface area contributed by atoms with Gasteiger partial charge in [0, 0.05) is 22.7 Å². The number of carbonyl (C=O) groups excluding carboxylic acids is 1. The highest BCUT2D eigenvalue weighted by Gasteiger charge is 2.33. The van der Waals surface area contributed by atoms with Crippen LogP contribution in [0.15, 0.2) is 66.7 Å². The number of anilines is 1. The summed E-state index contributed by atoms with van der Waals surface area (Å²) in [5.41, 5.74) is 3.46. The Morgan fingerprint density at radius 2 is 1.69 bits per heavy atom. The van der Waals surface area contributed by atoms with Gasteiger partial charge < -0.3 is 19.5 Å². The molecule has 2 atom stereocenters. The average Bonchev–Trinajstić information content (AvgIpc) is 3.10. The third-order valence-electron chi connectivity index (χ3n) is 5.24. The quantitative estimate of drug-likeness (QED) is 0.652. The molecule has 1 amide bonds.